The topological polar surface area (TPSA) is 12.0 Å². The van der Waals surface area contributed by atoms with Crippen molar-refractivity contribution in [3.05, 3.63) is 0 Å². The zero-order valence-corrected chi connectivity index (χ0v) is 12.8. The van der Waals surface area contributed by atoms with Crippen molar-refractivity contribution in [2.24, 2.45) is 17.8 Å². The predicted octanol–water partition coefficient (Wildman–Crippen LogP) is 4.76. The molecule has 2 aliphatic rings. The molecule has 1 N–H and O–H groups in total. The number of hydrogen-bond donors (Lipinski definition) is 1. The molecule has 1 heteroatoms. The second-order valence-electron chi connectivity index (χ2n) is 7.81. The van der Waals surface area contributed by atoms with E-state index in [1.54, 1.807) is 0 Å². The molecule has 18 heavy (non-hydrogen) atoms. The SMILES string of the molecule is CC(C)(C)NCC1CCC1CCC1CCCCC1. The highest BCUT2D eigenvalue weighted by atomic mass is 14.9. The van der Waals surface area contributed by atoms with Gasteiger partial charge in [0.15, 0.2) is 0 Å². The molecule has 0 radical (unpaired) electrons. The van der Waals surface area contributed by atoms with Gasteiger partial charge in [-0.05, 0) is 64.3 Å². The second-order valence-corrected chi connectivity index (χ2v) is 7.81. The van der Waals surface area contributed by atoms with Crippen LogP contribution >= 0.6 is 0 Å². The van der Waals surface area contributed by atoms with Gasteiger partial charge in [-0.2, -0.15) is 0 Å². The monoisotopic (exact) mass is 251 g/mol. The summed E-state index contributed by atoms with van der Waals surface area (Å²) in [5.74, 6) is 3.10. The van der Waals surface area contributed by atoms with Gasteiger partial charge >= 0.3 is 0 Å². The number of hydrogen-bond acceptors (Lipinski definition) is 1. The highest BCUT2D eigenvalue weighted by Gasteiger charge is 2.31. The Morgan fingerprint density at radius 2 is 1.50 bits per heavy atom. The van der Waals surface area contributed by atoms with Crippen molar-refractivity contribution >= 4 is 0 Å². The third kappa shape index (κ3) is 4.57. The summed E-state index contributed by atoms with van der Waals surface area (Å²) in [5, 5.41) is 3.69. The van der Waals surface area contributed by atoms with E-state index in [2.05, 4.69) is 26.1 Å². The second kappa shape index (κ2) is 6.41. The molecule has 0 aromatic heterocycles. The van der Waals surface area contributed by atoms with Crippen LogP contribution < -0.4 is 5.32 Å². The van der Waals surface area contributed by atoms with Crippen LogP contribution in [0.2, 0.25) is 0 Å². The first-order valence-electron chi connectivity index (χ1n) is 8.29. The highest BCUT2D eigenvalue weighted by molar-refractivity contribution is 4.85. The Morgan fingerprint density at radius 3 is 2.06 bits per heavy atom. The van der Waals surface area contributed by atoms with E-state index < -0.39 is 0 Å². The first kappa shape index (κ1) is 14.4. The standard InChI is InChI=1S/C17H33N/c1-17(2,3)18-13-16-12-11-15(16)10-9-14-7-5-4-6-8-14/h14-16,18H,4-13H2,1-3H3. The summed E-state index contributed by atoms with van der Waals surface area (Å²) in [6.07, 6.45) is 13.6. The molecule has 2 unspecified atom stereocenters. The zero-order valence-electron chi connectivity index (χ0n) is 12.8. The Morgan fingerprint density at radius 1 is 0.833 bits per heavy atom. The maximum absolute atomic E-state index is 3.69. The maximum atomic E-state index is 3.69. The molecule has 2 saturated carbocycles. The smallest absolute Gasteiger partial charge is 0.00966 e. The van der Waals surface area contributed by atoms with Crippen LogP contribution in [0.15, 0.2) is 0 Å². The van der Waals surface area contributed by atoms with Crippen LogP contribution in [0.3, 0.4) is 0 Å². The van der Waals surface area contributed by atoms with Crippen LogP contribution in [0.1, 0.15) is 78.6 Å². The van der Waals surface area contributed by atoms with E-state index in [4.69, 9.17) is 0 Å². The molecule has 0 aromatic rings. The number of nitrogens with one attached hydrogen (secondary N) is 1. The molecule has 0 amide bonds. The van der Waals surface area contributed by atoms with Crippen molar-refractivity contribution in [3.8, 4) is 0 Å². The highest BCUT2D eigenvalue weighted by Crippen LogP contribution is 2.39. The molecule has 106 valence electrons. The lowest BCUT2D eigenvalue weighted by molar-refractivity contribution is 0.136. The molecule has 0 aliphatic heterocycles. The van der Waals surface area contributed by atoms with Crippen LogP contribution in [0, 0.1) is 17.8 Å². The van der Waals surface area contributed by atoms with E-state index in [9.17, 15) is 0 Å². The Balaban J connectivity index is 1.61. The molecule has 2 rings (SSSR count). The van der Waals surface area contributed by atoms with Gasteiger partial charge in [0, 0.05) is 5.54 Å². The summed E-state index contributed by atoms with van der Waals surface area (Å²) in [7, 11) is 0. The molecule has 0 aromatic carbocycles. The van der Waals surface area contributed by atoms with E-state index in [1.165, 1.54) is 64.3 Å². The van der Waals surface area contributed by atoms with Crippen molar-refractivity contribution in [3.63, 3.8) is 0 Å². The minimum Gasteiger partial charge on any atom is -0.312 e. The van der Waals surface area contributed by atoms with Crippen molar-refractivity contribution in [1.29, 1.82) is 0 Å². The molecular weight excluding hydrogens is 218 g/mol. The summed E-state index contributed by atoms with van der Waals surface area (Å²) >= 11 is 0. The molecule has 1 nitrogen and oxygen atoms in total. The molecule has 0 saturated heterocycles. The first-order chi connectivity index (χ1) is 8.54. The number of rotatable bonds is 5. The average Bonchev–Trinajstić information content (AvgIpc) is 2.28. The normalized spacial score (nSPS) is 30.2. The fourth-order valence-electron chi connectivity index (χ4n) is 3.65. The van der Waals surface area contributed by atoms with Gasteiger partial charge < -0.3 is 5.32 Å². The van der Waals surface area contributed by atoms with Crippen LogP contribution in [0.25, 0.3) is 0 Å². The molecule has 2 aliphatic carbocycles. The summed E-state index contributed by atoms with van der Waals surface area (Å²) in [5.41, 5.74) is 0.295. The van der Waals surface area contributed by atoms with Crippen molar-refractivity contribution in [2.45, 2.75) is 84.1 Å². The van der Waals surface area contributed by atoms with Crippen molar-refractivity contribution in [2.75, 3.05) is 6.54 Å². The van der Waals surface area contributed by atoms with Gasteiger partial charge in [-0.25, -0.2) is 0 Å². The van der Waals surface area contributed by atoms with Gasteiger partial charge in [-0.3, -0.25) is 0 Å². The van der Waals surface area contributed by atoms with E-state index >= 15 is 0 Å². The summed E-state index contributed by atoms with van der Waals surface area (Å²) in [4.78, 5) is 0. The van der Waals surface area contributed by atoms with Crippen molar-refractivity contribution in [1.82, 2.24) is 5.32 Å². The van der Waals surface area contributed by atoms with Gasteiger partial charge in [0.2, 0.25) is 0 Å². The maximum Gasteiger partial charge on any atom is 0.00966 e. The predicted molar refractivity (Wildman–Crippen MR) is 79.8 cm³/mol. The third-order valence-corrected chi connectivity index (χ3v) is 5.14. The summed E-state index contributed by atoms with van der Waals surface area (Å²) < 4.78 is 0. The lowest BCUT2D eigenvalue weighted by Gasteiger charge is -2.39. The van der Waals surface area contributed by atoms with Crippen LogP contribution in [0.4, 0.5) is 0 Å². The van der Waals surface area contributed by atoms with Gasteiger partial charge in [-0.1, -0.05) is 38.5 Å². The lowest BCUT2D eigenvalue weighted by atomic mass is 9.69. The Bertz CT molecular complexity index is 234. The Kier molecular flexibility index (Phi) is 5.12. The average molecular weight is 251 g/mol. The fourth-order valence-corrected chi connectivity index (χ4v) is 3.65. The van der Waals surface area contributed by atoms with Gasteiger partial charge in [0.05, 0.1) is 0 Å². The molecule has 2 fully saturated rings. The quantitative estimate of drug-likeness (QED) is 0.743. The molecule has 0 spiro atoms. The van der Waals surface area contributed by atoms with E-state index in [-0.39, 0.29) is 0 Å². The fraction of sp³-hybridized carbons (Fsp3) is 1.00. The van der Waals surface area contributed by atoms with Crippen LogP contribution in [-0.4, -0.2) is 12.1 Å². The summed E-state index contributed by atoms with van der Waals surface area (Å²) in [6.45, 7) is 8.09. The Labute approximate surface area is 114 Å². The van der Waals surface area contributed by atoms with Crippen LogP contribution in [-0.2, 0) is 0 Å². The lowest BCUT2D eigenvalue weighted by Crippen LogP contribution is -2.43. The van der Waals surface area contributed by atoms with Gasteiger partial charge in [-0.15, -0.1) is 0 Å². The van der Waals surface area contributed by atoms with Gasteiger partial charge in [0.25, 0.3) is 0 Å². The van der Waals surface area contributed by atoms with Crippen LogP contribution in [0.5, 0.6) is 0 Å². The molecule has 0 bridgehead atoms. The van der Waals surface area contributed by atoms with Crippen molar-refractivity contribution < 1.29 is 0 Å². The van der Waals surface area contributed by atoms with E-state index in [0.29, 0.717) is 5.54 Å². The zero-order chi connectivity index (χ0) is 13.0. The van der Waals surface area contributed by atoms with E-state index in [1.807, 2.05) is 0 Å². The van der Waals surface area contributed by atoms with Gasteiger partial charge in [0.1, 0.15) is 0 Å². The Hall–Kier alpha value is -0.0400. The molecular formula is C17H33N. The summed E-state index contributed by atoms with van der Waals surface area (Å²) in [6, 6.07) is 0. The largest absolute Gasteiger partial charge is 0.312 e. The minimum absolute atomic E-state index is 0.295. The third-order valence-electron chi connectivity index (χ3n) is 5.14. The minimum atomic E-state index is 0.295. The molecule has 2 atom stereocenters. The van der Waals surface area contributed by atoms with E-state index in [0.717, 1.165) is 17.8 Å². The molecule has 0 heterocycles. The first-order valence-corrected chi connectivity index (χ1v) is 8.29.